The summed E-state index contributed by atoms with van der Waals surface area (Å²) in [6.07, 6.45) is 5.24. The van der Waals surface area contributed by atoms with Gasteiger partial charge in [0.25, 0.3) is 0 Å². The highest BCUT2D eigenvalue weighted by atomic mass is 127. The molecular weight excluding hydrogens is 387 g/mol. The van der Waals surface area contributed by atoms with E-state index in [0.29, 0.717) is 11.9 Å². The van der Waals surface area contributed by atoms with Gasteiger partial charge in [0.2, 0.25) is 0 Å². The molecule has 5 heteroatoms. The Balaban J connectivity index is 0.00000242. The highest BCUT2D eigenvalue weighted by Gasteiger charge is 2.02. The summed E-state index contributed by atoms with van der Waals surface area (Å²) < 4.78 is 0. The average Bonchev–Trinajstić information content (AvgIpc) is 2.86. The van der Waals surface area contributed by atoms with Crippen LogP contribution in [0.25, 0.3) is 10.9 Å². The Hall–Kier alpha value is -1.24. The number of halogens is 1. The molecule has 0 aliphatic carbocycles. The molecule has 0 bridgehead atoms. The third kappa shape index (κ3) is 5.87. The van der Waals surface area contributed by atoms with Crippen LogP contribution in [-0.2, 0) is 6.42 Å². The van der Waals surface area contributed by atoms with Gasteiger partial charge in [-0.1, -0.05) is 32.0 Å². The zero-order chi connectivity index (χ0) is 15.1. The van der Waals surface area contributed by atoms with Crippen molar-refractivity contribution >= 4 is 40.8 Å². The lowest BCUT2D eigenvalue weighted by Gasteiger charge is -2.07. The summed E-state index contributed by atoms with van der Waals surface area (Å²) in [5.74, 6) is 1.25. The van der Waals surface area contributed by atoms with Crippen LogP contribution in [0.3, 0.4) is 0 Å². The van der Waals surface area contributed by atoms with Crippen molar-refractivity contribution in [3.05, 3.63) is 36.0 Å². The predicted molar refractivity (Wildman–Crippen MR) is 106 cm³/mol. The second kappa shape index (κ2) is 9.71. The molecule has 2 aromatic rings. The van der Waals surface area contributed by atoms with Gasteiger partial charge in [-0.25, -0.2) is 0 Å². The second-order valence-electron chi connectivity index (χ2n) is 5.84. The lowest BCUT2D eigenvalue weighted by molar-refractivity contribution is 0.576. The molecule has 0 fully saturated rings. The van der Waals surface area contributed by atoms with E-state index in [-0.39, 0.29) is 24.0 Å². The van der Waals surface area contributed by atoms with Crippen molar-refractivity contribution < 1.29 is 0 Å². The number of para-hydroxylation sites is 1. The van der Waals surface area contributed by atoms with Crippen molar-refractivity contribution in [3.8, 4) is 0 Å². The van der Waals surface area contributed by atoms with Crippen molar-refractivity contribution in [3.63, 3.8) is 0 Å². The van der Waals surface area contributed by atoms with Gasteiger partial charge in [0.05, 0.1) is 0 Å². The first-order valence-electron chi connectivity index (χ1n) is 7.75. The van der Waals surface area contributed by atoms with Crippen LogP contribution in [0.5, 0.6) is 0 Å². The smallest absolute Gasteiger partial charge is 0.188 e. The first-order chi connectivity index (χ1) is 10.2. The van der Waals surface area contributed by atoms with Crippen LogP contribution in [-0.4, -0.2) is 24.0 Å². The molecule has 122 valence electrons. The summed E-state index contributed by atoms with van der Waals surface area (Å²) in [5, 5.41) is 4.47. The molecule has 0 aliphatic heterocycles. The van der Waals surface area contributed by atoms with Gasteiger partial charge < -0.3 is 16.0 Å². The third-order valence-corrected chi connectivity index (χ3v) is 3.59. The molecule has 0 aliphatic rings. The molecule has 0 amide bonds. The number of aromatic amines is 1. The molecule has 4 N–H and O–H groups in total. The quantitative estimate of drug-likeness (QED) is 0.280. The van der Waals surface area contributed by atoms with Crippen LogP contribution in [0.4, 0.5) is 0 Å². The SMILES string of the molecule is CC(C)CCNC(N)=NCCCc1c[nH]c2ccccc12.I. The summed E-state index contributed by atoms with van der Waals surface area (Å²) in [4.78, 5) is 7.68. The summed E-state index contributed by atoms with van der Waals surface area (Å²) in [6, 6.07) is 8.39. The Morgan fingerprint density at radius 2 is 2.09 bits per heavy atom. The topological polar surface area (TPSA) is 66.2 Å². The summed E-state index contributed by atoms with van der Waals surface area (Å²) in [6.45, 7) is 6.07. The number of nitrogens with zero attached hydrogens (tertiary/aromatic N) is 1. The number of guanidine groups is 1. The van der Waals surface area contributed by atoms with Gasteiger partial charge in [0.15, 0.2) is 5.96 Å². The maximum atomic E-state index is 5.84. The molecular formula is C17H27IN4. The van der Waals surface area contributed by atoms with Crippen molar-refractivity contribution in [2.75, 3.05) is 13.1 Å². The lowest BCUT2D eigenvalue weighted by Crippen LogP contribution is -2.33. The van der Waals surface area contributed by atoms with E-state index in [1.165, 1.54) is 16.5 Å². The molecule has 0 saturated carbocycles. The molecule has 4 nitrogen and oxygen atoms in total. The molecule has 0 unspecified atom stereocenters. The van der Waals surface area contributed by atoms with Crippen molar-refractivity contribution in [1.82, 2.24) is 10.3 Å². The molecule has 2 rings (SSSR count). The molecule has 0 spiro atoms. The van der Waals surface area contributed by atoms with Crippen LogP contribution in [0.2, 0.25) is 0 Å². The number of aliphatic imine (C=N–C) groups is 1. The third-order valence-electron chi connectivity index (χ3n) is 3.59. The van der Waals surface area contributed by atoms with Crippen molar-refractivity contribution in [1.29, 1.82) is 0 Å². The minimum atomic E-state index is 0. The molecule has 1 aromatic carbocycles. The number of nitrogens with one attached hydrogen (secondary N) is 2. The number of H-pyrrole nitrogens is 1. The van der Waals surface area contributed by atoms with E-state index >= 15 is 0 Å². The van der Waals surface area contributed by atoms with Crippen molar-refractivity contribution in [2.24, 2.45) is 16.6 Å². The van der Waals surface area contributed by atoms with E-state index in [0.717, 1.165) is 32.4 Å². The van der Waals surface area contributed by atoms with Gasteiger partial charge in [0.1, 0.15) is 0 Å². The molecule has 0 radical (unpaired) electrons. The standard InChI is InChI=1S/C17H26N4.HI/c1-13(2)9-11-20-17(18)19-10-5-6-14-12-21-16-8-4-3-7-15(14)16;/h3-4,7-8,12-13,21H,5-6,9-11H2,1-2H3,(H3,18,19,20);1H. The zero-order valence-corrected chi connectivity index (χ0v) is 15.8. The lowest BCUT2D eigenvalue weighted by atomic mass is 10.1. The number of aromatic nitrogens is 1. The van der Waals surface area contributed by atoms with Gasteiger partial charge in [0, 0.05) is 30.2 Å². The Kier molecular flexibility index (Phi) is 8.30. The minimum absolute atomic E-state index is 0. The molecule has 0 atom stereocenters. The van der Waals surface area contributed by atoms with Crippen LogP contribution < -0.4 is 11.1 Å². The van der Waals surface area contributed by atoms with E-state index < -0.39 is 0 Å². The number of aryl methyl sites for hydroxylation is 1. The first kappa shape index (κ1) is 18.8. The van der Waals surface area contributed by atoms with Crippen LogP contribution in [0.15, 0.2) is 35.5 Å². The predicted octanol–water partition coefficient (Wildman–Crippen LogP) is 3.67. The number of hydrogen-bond acceptors (Lipinski definition) is 1. The number of nitrogens with two attached hydrogens (primary N) is 1. The maximum absolute atomic E-state index is 5.84. The summed E-state index contributed by atoms with van der Waals surface area (Å²) in [5.41, 5.74) is 8.40. The van der Waals surface area contributed by atoms with Gasteiger partial charge >= 0.3 is 0 Å². The van der Waals surface area contributed by atoms with Crippen LogP contribution in [0, 0.1) is 5.92 Å². The number of benzene rings is 1. The summed E-state index contributed by atoms with van der Waals surface area (Å²) in [7, 11) is 0. The van der Waals surface area contributed by atoms with Gasteiger partial charge in [-0.2, -0.15) is 0 Å². The fourth-order valence-corrected chi connectivity index (χ4v) is 2.35. The largest absolute Gasteiger partial charge is 0.370 e. The van der Waals surface area contributed by atoms with E-state index in [1.807, 2.05) is 0 Å². The fourth-order valence-electron chi connectivity index (χ4n) is 2.35. The number of fused-ring (bicyclic) bond motifs is 1. The molecule has 0 saturated heterocycles. The highest BCUT2D eigenvalue weighted by Crippen LogP contribution is 2.18. The van der Waals surface area contributed by atoms with Gasteiger partial charge in [-0.15, -0.1) is 24.0 Å². The minimum Gasteiger partial charge on any atom is -0.370 e. The van der Waals surface area contributed by atoms with Crippen LogP contribution in [0.1, 0.15) is 32.3 Å². The van der Waals surface area contributed by atoms with E-state index in [2.05, 4.69) is 59.6 Å². The van der Waals surface area contributed by atoms with Gasteiger partial charge in [-0.05, 0) is 36.8 Å². The maximum Gasteiger partial charge on any atom is 0.188 e. The van der Waals surface area contributed by atoms with Gasteiger partial charge in [-0.3, -0.25) is 4.99 Å². The number of rotatable bonds is 7. The highest BCUT2D eigenvalue weighted by molar-refractivity contribution is 14.0. The summed E-state index contributed by atoms with van der Waals surface area (Å²) >= 11 is 0. The Morgan fingerprint density at radius 3 is 2.86 bits per heavy atom. The fraction of sp³-hybridized carbons (Fsp3) is 0.471. The van der Waals surface area contributed by atoms with E-state index in [4.69, 9.17) is 5.73 Å². The van der Waals surface area contributed by atoms with E-state index in [9.17, 15) is 0 Å². The molecule has 1 aromatic heterocycles. The Bertz CT molecular complexity index is 589. The van der Waals surface area contributed by atoms with E-state index in [1.54, 1.807) is 0 Å². The van der Waals surface area contributed by atoms with Crippen molar-refractivity contribution in [2.45, 2.75) is 33.1 Å². The Morgan fingerprint density at radius 1 is 1.32 bits per heavy atom. The second-order valence-corrected chi connectivity index (χ2v) is 5.84. The monoisotopic (exact) mass is 414 g/mol. The first-order valence-corrected chi connectivity index (χ1v) is 7.75. The normalized spacial score (nSPS) is 11.7. The molecule has 1 heterocycles. The molecule has 22 heavy (non-hydrogen) atoms. The average molecular weight is 414 g/mol. The zero-order valence-electron chi connectivity index (χ0n) is 13.4. The van der Waals surface area contributed by atoms with Crippen LogP contribution >= 0.6 is 24.0 Å². The number of hydrogen-bond donors (Lipinski definition) is 3. The Labute approximate surface area is 150 Å².